The first-order valence-corrected chi connectivity index (χ1v) is 6.02. The molecule has 16 heavy (non-hydrogen) atoms. The van der Waals surface area contributed by atoms with Crippen molar-refractivity contribution in [3.05, 3.63) is 36.5 Å². The van der Waals surface area contributed by atoms with Crippen molar-refractivity contribution in [2.45, 2.75) is 0 Å². The van der Waals surface area contributed by atoms with E-state index in [1.165, 1.54) is 11.3 Å². The minimum Gasteiger partial charge on any atom is -0.301 e. The summed E-state index contributed by atoms with van der Waals surface area (Å²) in [5, 5.41) is 3.19. The van der Waals surface area contributed by atoms with Crippen LogP contribution in [0.1, 0.15) is 0 Å². The summed E-state index contributed by atoms with van der Waals surface area (Å²) >= 11 is 6.82. The molecule has 1 heterocycles. The third kappa shape index (κ3) is 2.59. The van der Waals surface area contributed by atoms with Gasteiger partial charge in [0.15, 0.2) is 5.13 Å². The van der Waals surface area contributed by atoms with E-state index in [9.17, 15) is 4.79 Å². The van der Waals surface area contributed by atoms with Crippen molar-refractivity contribution in [3.8, 4) is 10.4 Å². The number of alkyl halides is 1. The molecule has 5 heteroatoms. The van der Waals surface area contributed by atoms with Gasteiger partial charge in [0, 0.05) is 6.20 Å². The SMILES string of the molecule is O=C(CCl)Nc1ncc(-c2ccccc2)s1. The zero-order chi connectivity index (χ0) is 11.4. The maximum atomic E-state index is 11.1. The maximum Gasteiger partial charge on any atom is 0.241 e. The van der Waals surface area contributed by atoms with E-state index in [-0.39, 0.29) is 11.8 Å². The molecule has 0 aliphatic rings. The van der Waals surface area contributed by atoms with Crippen LogP contribution in [0.15, 0.2) is 36.5 Å². The Labute approximate surface area is 102 Å². The number of nitrogens with zero attached hydrogens (tertiary/aromatic N) is 1. The van der Waals surface area contributed by atoms with Gasteiger partial charge < -0.3 is 5.32 Å². The fourth-order valence-corrected chi connectivity index (χ4v) is 2.13. The molecule has 0 radical (unpaired) electrons. The highest BCUT2D eigenvalue weighted by Gasteiger charge is 2.06. The van der Waals surface area contributed by atoms with E-state index in [0.717, 1.165) is 10.4 Å². The van der Waals surface area contributed by atoms with Crippen LogP contribution in [0.25, 0.3) is 10.4 Å². The summed E-state index contributed by atoms with van der Waals surface area (Å²) in [6.07, 6.45) is 1.74. The van der Waals surface area contributed by atoms with Crippen molar-refractivity contribution < 1.29 is 4.79 Å². The summed E-state index contributed by atoms with van der Waals surface area (Å²) in [5.41, 5.74) is 1.09. The Balaban J connectivity index is 2.17. The van der Waals surface area contributed by atoms with Gasteiger partial charge in [0.25, 0.3) is 0 Å². The molecule has 0 saturated carbocycles. The number of thiazole rings is 1. The van der Waals surface area contributed by atoms with Gasteiger partial charge in [-0.2, -0.15) is 0 Å². The largest absolute Gasteiger partial charge is 0.301 e. The Morgan fingerprint density at radius 1 is 1.38 bits per heavy atom. The van der Waals surface area contributed by atoms with Crippen LogP contribution in [0.2, 0.25) is 0 Å². The van der Waals surface area contributed by atoms with Gasteiger partial charge in [0.1, 0.15) is 5.88 Å². The Hall–Kier alpha value is -1.39. The van der Waals surface area contributed by atoms with Crippen LogP contribution in [0.3, 0.4) is 0 Å². The van der Waals surface area contributed by atoms with Crippen molar-refractivity contribution in [1.82, 2.24) is 4.98 Å². The van der Waals surface area contributed by atoms with Crippen molar-refractivity contribution in [1.29, 1.82) is 0 Å². The Morgan fingerprint density at radius 2 is 2.12 bits per heavy atom. The fourth-order valence-electron chi connectivity index (χ4n) is 1.22. The molecule has 1 aromatic carbocycles. The number of halogens is 1. The quantitative estimate of drug-likeness (QED) is 0.854. The number of hydrogen-bond acceptors (Lipinski definition) is 3. The van der Waals surface area contributed by atoms with Gasteiger partial charge in [0.05, 0.1) is 4.88 Å². The molecule has 0 bridgehead atoms. The molecule has 1 aromatic heterocycles. The minimum atomic E-state index is -0.240. The molecule has 1 amide bonds. The summed E-state index contributed by atoms with van der Waals surface area (Å²) in [5.74, 6) is -0.295. The molecule has 0 fully saturated rings. The Kier molecular flexibility index (Phi) is 3.54. The van der Waals surface area contributed by atoms with Crippen LogP contribution in [0, 0.1) is 0 Å². The third-order valence-electron chi connectivity index (χ3n) is 1.93. The topological polar surface area (TPSA) is 42.0 Å². The van der Waals surface area contributed by atoms with Crippen molar-refractivity contribution >= 4 is 34.0 Å². The van der Waals surface area contributed by atoms with Gasteiger partial charge in [-0.05, 0) is 5.56 Å². The van der Waals surface area contributed by atoms with E-state index >= 15 is 0 Å². The lowest BCUT2D eigenvalue weighted by Crippen LogP contribution is -2.11. The van der Waals surface area contributed by atoms with E-state index in [2.05, 4.69) is 10.3 Å². The molecule has 1 N–H and O–H groups in total. The summed E-state index contributed by atoms with van der Waals surface area (Å²) < 4.78 is 0. The van der Waals surface area contributed by atoms with Crippen LogP contribution in [-0.4, -0.2) is 16.8 Å². The van der Waals surface area contributed by atoms with Gasteiger partial charge in [-0.3, -0.25) is 4.79 Å². The lowest BCUT2D eigenvalue weighted by molar-refractivity contribution is -0.113. The highest BCUT2D eigenvalue weighted by atomic mass is 35.5. The summed E-state index contributed by atoms with van der Waals surface area (Å²) in [6.45, 7) is 0. The number of rotatable bonds is 3. The molecule has 0 unspecified atom stereocenters. The molecule has 3 nitrogen and oxygen atoms in total. The van der Waals surface area contributed by atoms with E-state index in [4.69, 9.17) is 11.6 Å². The number of aromatic nitrogens is 1. The van der Waals surface area contributed by atoms with Crippen LogP contribution >= 0.6 is 22.9 Å². The van der Waals surface area contributed by atoms with Gasteiger partial charge in [-0.25, -0.2) is 4.98 Å². The Morgan fingerprint density at radius 3 is 2.81 bits per heavy atom. The monoisotopic (exact) mass is 252 g/mol. The highest BCUT2D eigenvalue weighted by molar-refractivity contribution is 7.19. The van der Waals surface area contributed by atoms with Gasteiger partial charge in [-0.15, -0.1) is 11.6 Å². The van der Waals surface area contributed by atoms with Crippen LogP contribution < -0.4 is 5.32 Å². The smallest absolute Gasteiger partial charge is 0.241 e. The second kappa shape index (κ2) is 5.09. The van der Waals surface area contributed by atoms with Crippen LogP contribution in [0.4, 0.5) is 5.13 Å². The average molecular weight is 253 g/mol. The van der Waals surface area contributed by atoms with Gasteiger partial charge >= 0.3 is 0 Å². The first-order chi connectivity index (χ1) is 7.79. The normalized spacial score (nSPS) is 10.1. The molecule has 0 atom stereocenters. The second-order valence-electron chi connectivity index (χ2n) is 3.08. The number of hydrogen-bond donors (Lipinski definition) is 1. The lowest BCUT2D eigenvalue weighted by Gasteiger charge is -1.96. The summed E-state index contributed by atoms with van der Waals surface area (Å²) in [7, 11) is 0. The summed E-state index contributed by atoms with van der Waals surface area (Å²) in [4.78, 5) is 16.2. The predicted molar refractivity (Wildman–Crippen MR) is 66.9 cm³/mol. The molecule has 2 aromatic rings. The molecule has 0 aliphatic heterocycles. The van der Waals surface area contributed by atoms with Crippen LogP contribution in [-0.2, 0) is 4.79 Å². The molecule has 82 valence electrons. The average Bonchev–Trinajstić information content (AvgIpc) is 2.78. The maximum absolute atomic E-state index is 11.1. The van der Waals surface area contributed by atoms with Crippen molar-refractivity contribution in [2.75, 3.05) is 11.2 Å². The second-order valence-corrected chi connectivity index (χ2v) is 4.38. The first-order valence-electron chi connectivity index (χ1n) is 4.66. The highest BCUT2D eigenvalue weighted by Crippen LogP contribution is 2.28. The minimum absolute atomic E-state index is 0.0553. The molecular formula is C11H9ClN2OS. The number of anilines is 1. The molecule has 2 rings (SSSR count). The third-order valence-corrected chi connectivity index (χ3v) is 3.14. The van der Waals surface area contributed by atoms with Crippen molar-refractivity contribution in [2.24, 2.45) is 0 Å². The molecular weight excluding hydrogens is 244 g/mol. The number of benzene rings is 1. The van der Waals surface area contributed by atoms with Gasteiger partial charge in [0.2, 0.25) is 5.91 Å². The lowest BCUT2D eigenvalue weighted by atomic mass is 10.2. The van der Waals surface area contributed by atoms with Crippen molar-refractivity contribution in [3.63, 3.8) is 0 Å². The fraction of sp³-hybridized carbons (Fsp3) is 0.0909. The predicted octanol–water partition coefficient (Wildman–Crippen LogP) is 2.99. The number of nitrogens with one attached hydrogen (secondary N) is 1. The zero-order valence-electron chi connectivity index (χ0n) is 8.31. The number of carbonyl (C=O) groups is 1. The zero-order valence-corrected chi connectivity index (χ0v) is 9.89. The molecule has 0 saturated heterocycles. The number of carbonyl (C=O) groups excluding carboxylic acids is 1. The van der Waals surface area contributed by atoms with E-state index in [1.807, 2.05) is 30.3 Å². The van der Waals surface area contributed by atoms with E-state index in [0.29, 0.717) is 5.13 Å². The van der Waals surface area contributed by atoms with Gasteiger partial charge in [-0.1, -0.05) is 41.7 Å². The molecule has 0 spiro atoms. The summed E-state index contributed by atoms with van der Waals surface area (Å²) in [6, 6.07) is 9.89. The molecule has 0 aliphatic carbocycles. The first kappa shape index (κ1) is 11.1. The van der Waals surface area contributed by atoms with E-state index < -0.39 is 0 Å². The van der Waals surface area contributed by atoms with Crippen LogP contribution in [0.5, 0.6) is 0 Å². The van der Waals surface area contributed by atoms with E-state index in [1.54, 1.807) is 6.20 Å². The number of amides is 1. The standard InChI is InChI=1S/C11H9ClN2OS/c12-6-10(15)14-11-13-7-9(16-11)8-4-2-1-3-5-8/h1-5,7H,6H2,(H,13,14,15). The Bertz CT molecular complexity index is 484.